The highest BCUT2D eigenvalue weighted by molar-refractivity contribution is 5.85. The number of rotatable bonds is 4. The third kappa shape index (κ3) is 4.74. The lowest BCUT2D eigenvalue weighted by molar-refractivity contribution is -0.140. The molecule has 20 heavy (non-hydrogen) atoms. The van der Waals surface area contributed by atoms with Crippen LogP contribution in [0.25, 0.3) is 0 Å². The van der Waals surface area contributed by atoms with Gasteiger partial charge in [0, 0.05) is 32.8 Å². The van der Waals surface area contributed by atoms with Crippen molar-refractivity contribution in [3.05, 3.63) is 0 Å². The second kappa shape index (κ2) is 9.79. The molecule has 0 saturated carbocycles. The number of ether oxygens (including phenoxy) is 1. The molecule has 2 rings (SSSR count). The summed E-state index contributed by atoms with van der Waals surface area (Å²) in [6.07, 6.45) is 4.57. The molecule has 0 radical (unpaired) electrons. The van der Waals surface area contributed by atoms with Crippen LogP contribution in [0.1, 0.15) is 25.7 Å². The lowest BCUT2D eigenvalue weighted by atomic mass is 10.1. The van der Waals surface area contributed by atoms with Crippen LogP contribution < -0.4 is 5.73 Å². The average Bonchev–Trinajstić information content (AvgIpc) is 2.90. The Kier molecular flexibility index (Phi) is 9.76. The quantitative estimate of drug-likeness (QED) is 0.833. The predicted octanol–water partition coefficient (Wildman–Crippen LogP) is 0.890. The lowest BCUT2D eigenvalue weighted by Gasteiger charge is -2.32. The summed E-state index contributed by atoms with van der Waals surface area (Å²) in [4.78, 5) is 16.6. The highest BCUT2D eigenvalue weighted by Crippen LogP contribution is 2.20. The van der Waals surface area contributed by atoms with Crippen LogP contribution in [0.3, 0.4) is 0 Å². The van der Waals surface area contributed by atoms with Gasteiger partial charge in [-0.25, -0.2) is 0 Å². The number of nitrogens with zero attached hydrogens (tertiary/aromatic N) is 2. The van der Waals surface area contributed by atoms with Gasteiger partial charge in [-0.2, -0.15) is 0 Å². The fourth-order valence-electron chi connectivity index (χ4n) is 3.03. The molecule has 2 fully saturated rings. The van der Waals surface area contributed by atoms with E-state index in [9.17, 15) is 4.79 Å². The minimum Gasteiger partial charge on any atom is -0.370 e. The largest absolute Gasteiger partial charge is 0.370 e. The summed E-state index contributed by atoms with van der Waals surface area (Å²) in [5.74, 6) is 0.0551. The van der Waals surface area contributed by atoms with Gasteiger partial charge in [0.15, 0.2) is 0 Å². The van der Waals surface area contributed by atoms with Gasteiger partial charge in [0.25, 0.3) is 5.91 Å². The van der Waals surface area contributed by atoms with E-state index in [2.05, 4.69) is 4.90 Å². The fourth-order valence-corrected chi connectivity index (χ4v) is 3.03. The standard InChI is InChI=1S/C13H25N3O2.2ClH/c1-18-12(9-14)13(17)16-8-5-11(10-16)15-6-3-2-4-7-15;;/h11-12H,2-10,14H2,1H3;2*1H. The number of methoxy groups -OCH3 is 1. The van der Waals surface area contributed by atoms with Crippen molar-refractivity contribution in [2.45, 2.75) is 37.8 Å². The lowest BCUT2D eigenvalue weighted by Crippen LogP contribution is -2.45. The van der Waals surface area contributed by atoms with Crippen LogP contribution in [0.15, 0.2) is 0 Å². The molecule has 2 atom stereocenters. The van der Waals surface area contributed by atoms with E-state index in [-0.39, 0.29) is 37.3 Å². The Morgan fingerprint density at radius 1 is 1.25 bits per heavy atom. The van der Waals surface area contributed by atoms with E-state index < -0.39 is 6.10 Å². The molecule has 2 unspecified atom stereocenters. The fraction of sp³-hybridized carbons (Fsp3) is 0.923. The molecule has 0 spiro atoms. The second-order valence-corrected chi connectivity index (χ2v) is 5.28. The average molecular weight is 328 g/mol. The first kappa shape index (κ1) is 19.9. The summed E-state index contributed by atoms with van der Waals surface area (Å²) >= 11 is 0. The summed E-state index contributed by atoms with van der Waals surface area (Å²) in [6, 6.07) is 0.546. The topological polar surface area (TPSA) is 58.8 Å². The zero-order chi connectivity index (χ0) is 13.0. The zero-order valence-electron chi connectivity index (χ0n) is 12.1. The van der Waals surface area contributed by atoms with E-state index in [1.165, 1.54) is 32.4 Å². The molecule has 0 aliphatic carbocycles. The smallest absolute Gasteiger partial charge is 0.253 e. The van der Waals surface area contributed by atoms with Gasteiger partial charge in [0.05, 0.1) is 0 Å². The molecule has 2 aliphatic heterocycles. The number of halogens is 2. The summed E-state index contributed by atoms with van der Waals surface area (Å²) in [7, 11) is 1.55. The van der Waals surface area contributed by atoms with Crippen LogP contribution in [0, 0.1) is 0 Å². The van der Waals surface area contributed by atoms with Crippen LogP contribution in [0.5, 0.6) is 0 Å². The molecular formula is C13H27Cl2N3O2. The van der Waals surface area contributed by atoms with Crippen LogP contribution in [0.4, 0.5) is 0 Å². The van der Waals surface area contributed by atoms with Crippen molar-refractivity contribution in [2.75, 3.05) is 39.8 Å². The summed E-state index contributed by atoms with van der Waals surface area (Å²) in [5.41, 5.74) is 5.55. The van der Waals surface area contributed by atoms with E-state index in [1.54, 1.807) is 7.11 Å². The predicted molar refractivity (Wildman–Crippen MR) is 84.8 cm³/mol. The number of hydrogen-bond acceptors (Lipinski definition) is 4. The van der Waals surface area contributed by atoms with Gasteiger partial charge in [-0.15, -0.1) is 24.8 Å². The molecule has 1 amide bonds. The minimum atomic E-state index is -0.467. The number of likely N-dealkylation sites (tertiary alicyclic amines) is 2. The van der Waals surface area contributed by atoms with E-state index in [0.717, 1.165) is 19.5 Å². The van der Waals surface area contributed by atoms with Crippen molar-refractivity contribution in [1.29, 1.82) is 0 Å². The molecule has 0 aromatic rings. The summed E-state index contributed by atoms with van der Waals surface area (Å²) < 4.78 is 5.12. The zero-order valence-corrected chi connectivity index (χ0v) is 13.8. The molecule has 2 saturated heterocycles. The van der Waals surface area contributed by atoms with Gasteiger partial charge < -0.3 is 15.4 Å². The Hall–Kier alpha value is -0.0700. The molecule has 120 valence electrons. The van der Waals surface area contributed by atoms with Crippen LogP contribution in [-0.2, 0) is 9.53 Å². The molecule has 5 nitrogen and oxygen atoms in total. The Balaban J connectivity index is 0.00000180. The van der Waals surface area contributed by atoms with Crippen LogP contribution >= 0.6 is 24.8 Å². The Bertz CT molecular complexity index is 285. The Labute approximate surface area is 134 Å². The number of amides is 1. The van der Waals surface area contributed by atoms with Crippen molar-refractivity contribution in [2.24, 2.45) is 5.73 Å². The van der Waals surface area contributed by atoms with Crippen molar-refractivity contribution in [1.82, 2.24) is 9.80 Å². The number of nitrogens with two attached hydrogens (primary N) is 1. The number of piperidine rings is 1. The van der Waals surface area contributed by atoms with Gasteiger partial charge in [-0.05, 0) is 32.4 Å². The second-order valence-electron chi connectivity index (χ2n) is 5.28. The van der Waals surface area contributed by atoms with Crippen LogP contribution in [0.2, 0.25) is 0 Å². The van der Waals surface area contributed by atoms with E-state index >= 15 is 0 Å². The van der Waals surface area contributed by atoms with Crippen molar-refractivity contribution < 1.29 is 9.53 Å². The maximum absolute atomic E-state index is 12.1. The molecular weight excluding hydrogens is 301 g/mol. The number of carbonyl (C=O) groups is 1. The van der Waals surface area contributed by atoms with E-state index in [1.807, 2.05) is 4.90 Å². The first-order chi connectivity index (χ1) is 8.76. The first-order valence-electron chi connectivity index (χ1n) is 7.02. The number of carbonyl (C=O) groups excluding carboxylic acids is 1. The molecule has 7 heteroatoms. The van der Waals surface area contributed by atoms with Crippen molar-refractivity contribution in [3.8, 4) is 0 Å². The Morgan fingerprint density at radius 3 is 2.45 bits per heavy atom. The number of hydrogen-bond donors (Lipinski definition) is 1. The molecule has 2 heterocycles. The maximum Gasteiger partial charge on any atom is 0.253 e. The molecule has 2 aliphatic rings. The molecule has 0 aromatic carbocycles. The van der Waals surface area contributed by atoms with Gasteiger partial charge in [-0.3, -0.25) is 9.69 Å². The maximum atomic E-state index is 12.1. The van der Waals surface area contributed by atoms with Gasteiger partial charge in [-0.1, -0.05) is 6.42 Å². The highest BCUT2D eigenvalue weighted by atomic mass is 35.5. The first-order valence-corrected chi connectivity index (χ1v) is 7.02. The van der Waals surface area contributed by atoms with Crippen LogP contribution in [-0.4, -0.2) is 67.7 Å². The van der Waals surface area contributed by atoms with Gasteiger partial charge in [0.2, 0.25) is 0 Å². The van der Waals surface area contributed by atoms with Gasteiger partial charge in [0.1, 0.15) is 6.10 Å². The van der Waals surface area contributed by atoms with Gasteiger partial charge >= 0.3 is 0 Å². The van der Waals surface area contributed by atoms with E-state index in [0.29, 0.717) is 6.04 Å². The Morgan fingerprint density at radius 2 is 1.90 bits per heavy atom. The third-order valence-electron chi connectivity index (χ3n) is 4.16. The summed E-state index contributed by atoms with van der Waals surface area (Å²) in [5, 5.41) is 0. The molecule has 2 N–H and O–H groups in total. The van der Waals surface area contributed by atoms with Crippen molar-refractivity contribution in [3.63, 3.8) is 0 Å². The third-order valence-corrected chi connectivity index (χ3v) is 4.16. The van der Waals surface area contributed by atoms with Crippen molar-refractivity contribution >= 4 is 30.7 Å². The highest BCUT2D eigenvalue weighted by Gasteiger charge is 2.33. The molecule has 0 aromatic heterocycles. The monoisotopic (exact) mass is 327 g/mol. The summed E-state index contributed by atoms with van der Waals surface area (Å²) in [6.45, 7) is 4.34. The van der Waals surface area contributed by atoms with E-state index in [4.69, 9.17) is 10.5 Å². The SMILES string of the molecule is COC(CN)C(=O)N1CCC(N2CCCCC2)C1.Cl.Cl. The molecule has 0 bridgehead atoms. The minimum absolute atomic E-state index is 0. The normalized spacial score (nSPS) is 24.7.